The minimum absolute atomic E-state index is 0.00135. The summed E-state index contributed by atoms with van der Waals surface area (Å²) in [6, 6.07) is 15.6. The number of carbonyl (C=O) groups is 1. The van der Waals surface area contributed by atoms with Crippen molar-refractivity contribution in [3.63, 3.8) is 0 Å². The van der Waals surface area contributed by atoms with E-state index >= 15 is 0 Å². The van der Waals surface area contributed by atoms with Crippen molar-refractivity contribution in [2.45, 2.75) is 19.4 Å². The minimum atomic E-state index is -0.159. The van der Waals surface area contributed by atoms with Crippen molar-refractivity contribution in [2.75, 3.05) is 25.0 Å². The Kier molecular flexibility index (Phi) is 5.21. The second-order valence-corrected chi connectivity index (χ2v) is 5.79. The smallest absolute Gasteiger partial charge is 0.221 e. The van der Waals surface area contributed by atoms with E-state index in [-0.39, 0.29) is 12.0 Å². The molecule has 0 aromatic heterocycles. The maximum atomic E-state index is 12.0. The Labute approximate surface area is 142 Å². The summed E-state index contributed by atoms with van der Waals surface area (Å²) in [5, 5.41) is 6.18. The fraction of sp³-hybridized carbons (Fsp3) is 0.316. The predicted molar refractivity (Wildman–Crippen MR) is 93.6 cm³/mol. The molecule has 0 saturated heterocycles. The summed E-state index contributed by atoms with van der Waals surface area (Å²) in [6.07, 6.45) is 0.256. The summed E-state index contributed by atoms with van der Waals surface area (Å²) in [7, 11) is 0. The third-order valence-corrected chi connectivity index (χ3v) is 3.91. The molecule has 1 atom stereocenters. The number of anilines is 1. The number of ether oxygens (including phenoxy) is 2. The number of benzene rings is 2. The Bertz CT molecular complexity index is 703. The average Bonchev–Trinajstić information content (AvgIpc) is 2.61. The van der Waals surface area contributed by atoms with Crippen LogP contribution < -0.4 is 20.1 Å². The van der Waals surface area contributed by atoms with Gasteiger partial charge >= 0.3 is 0 Å². The normalized spacial score (nSPS) is 15.6. The van der Waals surface area contributed by atoms with Crippen LogP contribution in [0.1, 0.15) is 12.0 Å². The Morgan fingerprint density at radius 1 is 1.12 bits per heavy atom. The Balaban J connectivity index is 1.38. The maximum absolute atomic E-state index is 12.0. The van der Waals surface area contributed by atoms with Gasteiger partial charge in [0.05, 0.1) is 6.54 Å². The van der Waals surface area contributed by atoms with Crippen LogP contribution in [0.25, 0.3) is 0 Å². The molecule has 1 heterocycles. The fourth-order valence-corrected chi connectivity index (χ4v) is 2.56. The van der Waals surface area contributed by atoms with Gasteiger partial charge in [-0.05, 0) is 30.7 Å². The van der Waals surface area contributed by atoms with E-state index < -0.39 is 0 Å². The van der Waals surface area contributed by atoms with Crippen LogP contribution in [0.4, 0.5) is 5.69 Å². The fourth-order valence-electron chi connectivity index (χ4n) is 2.56. The molecule has 0 bridgehead atoms. The number of para-hydroxylation sites is 3. The molecular formula is C19H22N2O3. The van der Waals surface area contributed by atoms with Gasteiger partial charge in [-0.15, -0.1) is 0 Å². The van der Waals surface area contributed by atoms with E-state index in [4.69, 9.17) is 9.47 Å². The highest BCUT2D eigenvalue weighted by Gasteiger charge is 2.20. The Hall–Kier alpha value is -2.69. The van der Waals surface area contributed by atoms with Crippen molar-refractivity contribution in [1.29, 1.82) is 0 Å². The molecule has 0 radical (unpaired) electrons. The van der Waals surface area contributed by atoms with E-state index in [9.17, 15) is 4.79 Å². The molecule has 1 aliphatic heterocycles. The van der Waals surface area contributed by atoms with Crippen molar-refractivity contribution in [3.8, 4) is 11.5 Å². The molecule has 0 fully saturated rings. The first kappa shape index (κ1) is 16.2. The summed E-state index contributed by atoms with van der Waals surface area (Å²) >= 11 is 0. The van der Waals surface area contributed by atoms with E-state index in [0.29, 0.717) is 26.1 Å². The van der Waals surface area contributed by atoms with Crippen LogP contribution in [-0.2, 0) is 4.79 Å². The lowest BCUT2D eigenvalue weighted by Crippen LogP contribution is -2.41. The van der Waals surface area contributed by atoms with Gasteiger partial charge in [0.1, 0.15) is 12.7 Å². The first-order chi connectivity index (χ1) is 11.7. The Morgan fingerprint density at radius 3 is 2.71 bits per heavy atom. The Morgan fingerprint density at radius 2 is 1.88 bits per heavy atom. The van der Waals surface area contributed by atoms with Crippen molar-refractivity contribution in [1.82, 2.24) is 5.32 Å². The lowest BCUT2D eigenvalue weighted by atomic mass is 10.2. The first-order valence-electron chi connectivity index (χ1n) is 8.17. The monoisotopic (exact) mass is 326 g/mol. The summed E-state index contributed by atoms with van der Waals surface area (Å²) in [5.41, 5.74) is 2.23. The molecule has 0 aliphatic carbocycles. The van der Waals surface area contributed by atoms with Crippen LogP contribution in [0.2, 0.25) is 0 Å². The lowest BCUT2D eigenvalue weighted by Gasteiger charge is -2.26. The van der Waals surface area contributed by atoms with E-state index in [0.717, 1.165) is 17.2 Å². The molecule has 5 nitrogen and oxygen atoms in total. The number of fused-ring (bicyclic) bond motifs is 1. The number of amides is 1. The van der Waals surface area contributed by atoms with Crippen LogP contribution in [0.15, 0.2) is 48.5 Å². The molecule has 2 aromatic rings. The quantitative estimate of drug-likeness (QED) is 0.857. The van der Waals surface area contributed by atoms with Crippen molar-refractivity contribution in [2.24, 2.45) is 0 Å². The number of nitrogens with one attached hydrogen (secondary N) is 2. The van der Waals surface area contributed by atoms with Gasteiger partial charge in [0.2, 0.25) is 5.91 Å². The van der Waals surface area contributed by atoms with Gasteiger partial charge in [-0.3, -0.25) is 4.79 Å². The average molecular weight is 326 g/mol. The highest BCUT2D eigenvalue weighted by molar-refractivity contribution is 5.76. The van der Waals surface area contributed by atoms with Crippen LogP contribution in [0.5, 0.6) is 11.5 Å². The highest BCUT2D eigenvalue weighted by atomic mass is 16.6. The van der Waals surface area contributed by atoms with Gasteiger partial charge in [-0.1, -0.05) is 30.3 Å². The number of hydrogen-bond donors (Lipinski definition) is 2. The number of carbonyl (C=O) groups excluding carboxylic acids is 1. The predicted octanol–water partition coefficient (Wildman–Crippen LogP) is 2.75. The van der Waals surface area contributed by atoms with Gasteiger partial charge in [0, 0.05) is 18.7 Å². The van der Waals surface area contributed by atoms with Gasteiger partial charge in [0.25, 0.3) is 0 Å². The van der Waals surface area contributed by atoms with E-state index in [1.165, 1.54) is 5.56 Å². The van der Waals surface area contributed by atoms with Crippen LogP contribution in [0.3, 0.4) is 0 Å². The zero-order chi connectivity index (χ0) is 16.8. The lowest BCUT2D eigenvalue weighted by molar-refractivity contribution is -0.121. The summed E-state index contributed by atoms with van der Waals surface area (Å²) < 4.78 is 11.4. The molecule has 1 amide bonds. The second kappa shape index (κ2) is 7.73. The zero-order valence-electron chi connectivity index (χ0n) is 13.7. The molecule has 5 heteroatoms. The second-order valence-electron chi connectivity index (χ2n) is 5.79. The molecule has 3 rings (SSSR count). The molecule has 1 unspecified atom stereocenters. The zero-order valence-corrected chi connectivity index (χ0v) is 13.7. The number of hydrogen-bond acceptors (Lipinski definition) is 4. The first-order valence-corrected chi connectivity index (χ1v) is 8.17. The van der Waals surface area contributed by atoms with Crippen molar-refractivity contribution >= 4 is 11.6 Å². The minimum Gasteiger partial charge on any atom is -0.486 e. The summed E-state index contributed by atoms with van der Waals surface area (Å²) in [5.74, 6) is 1.48. The molecule has 1 aliphatic rings. The molecule has 2 N–H and O–H groups in total. The van der Waals surface area contributed by atoms with Gasteiger partial charge in [0.15, 0.2) is 11.5 Å². The van der Waals surface area contributed by atoms with Crippen LogP contribution in [0, 0.1) is 6.92 Å². The van der Waals surface area contributed by atoms with Crippen LogP contribution in [-0.4, -0.2) is 31.7 Å². The highest BCUT2D eigenvalue weighted by Crippen LogP contribution is 2.30. The van der Waals surface area contributed by atoms with E-state index in [2.05, 4.69) is 10.6 Å². The standard InChI is InChI=1S/C19H22N2O3/c1-14-6-2-3-7-16(14)20-11-10-19(22)21-12-15-13-23-17-8-4-5-9-18(17)24-15/h2-9,15,20H,10-13H2,1H3,(H,21,22). The topological polar surface area (TPSA) is 59.6 Å². The molecule has 2 aromatic carbocycles. The van der Waals surface area contributed by atoms with Crippen molar-refractivity contribution in [3.05, 3.63) is 54.1 Å². The van der Waals surface area contributed by atoms with E-state index in [1.807, 2.05) is 55.5 Å². The molecule has 0 saturated carbocycles. The third-order valence-electron chi connectivity index (χ3n) is 3.91. The van der Waals surface area contributed by atoms with Gasteiger partial charge < -0.3 is 20.1 Å². The molecule has 0 spiro atoms. The summed E-state index contributed by atoms with van der Waals surface area (Å²) in [6.45, 7) is 3.53. The summed E-state index contributed by atoms with van der Waals surface area (Å²) in [4.78, 5) is 12.0. The molecule has 24 heavy (non-hydrogen) atoms. The van der Waals surface area contributed by atoms with E-state index in [1.54, 1.807) is 0 Å². The largest absolute Gasteiger partial charge is 0.486 e. The number of aryl methyl sites for hydroxylation is 1. The maximum Gasteiger partial charge on any atom is 0.221 e. The van der Waals surface area contributed by atoms with Gasteiger partial charge in [-0.25, -0.2) is 0 Å². The molecular weight excluding hydrogens is 304 g/mol. The van der Waals surface area contributed by atoms with Gasteiger partial charge in [-0.2, -0.15) is 0 Å². The molecule has 126 valence electrons. The third kappa shape index (κ3) is 4.19. The SMILES string of the molecule is Cc1ccccc1NCCC(=O)NCC1COc2ccccc2O1. The van der Waals surface area contributed by atoms with Crippen molar-refractivity contribution < 1.29 is 14.3 Å². The number of rotatable bonds is 6. The van der Waals surface area contributed by atoms with Crippen LogP contribution >= 0.6 is 0 Å².